The van der Waals surface area contributed by atoms with E-state index in [9.17, 15) is 0 Å². The van der Waals surface area contributed by atoms with Gasteiger partial charge in [-0.1, -0.05) is 272 Å². The van der Waals surface area contributed by atoms with Gasteiger partial charge in [-0.3, -0.25) is 0 Å². The lowest BCUT2D eigenvalue weighted by molar-refractivity contribution is 0.737. The summed E-state index contributed by atoms with van der Waals surface area (Å²) in [5.74, 6) is 2.65. The van der Waals surface area contributed by atoms with Gasteiger partial charge in [0, 0.05) is 33.6 Å². The Labute approximate surface area is 501 Å². The molecule has 0 bridgehead atoms. The van der Waals surface area contributed by atoms with Crippen LogP contribution >= 0.6 is 15.9 Å². The molecule has 0 heterocycles. The van der Waals surface area contributed by atoms with Crippen LogP contribution < -0.4 is 9.80 Å². The van der Waals surface area contributed by atoms with E-state index in [1.807, 2.05) is 84.7 Å². The Bertz CT molecular complexity index is 3800. The number of para-hydroxylation sites is 1. The molecule has 0 aliphatic heterocycles. The van der Waals surface area contributed by atoms with Crippen LogP contribution in [0.3, 0.4) is 0 Å². The van der Waals surface area contributed by atoms with E-state index in [0.29, 0.717) is 0 Å². The maximum Gasteiger partial charge on any atom is 0.0540 e. The Kier molecular flexibility index (Phi) is 25.4. The molecule has 10 aromatic carbocycles. The topological polar surface area (TPSA) is 6.48 Å². The van der Waals surface area contributed by atoms with Crippen LogP contribution in [0.4, 0.5) is 17.1 Å². The number of nitrogens with zero attached hydrogens (tertiary/aromatic N) is 2. The van der Waals surface area contributed by atoms with Gasteiger partial charge in [0.2, 0.25) is 0 Å². The number of rotatable bonds is 14. The largest absolute Gasteiger partial charge is 0.310 e. The van der Waals surface area contributed by atoms with Crippen molar-refractivity contribution in [1.29, 1.82) is 0 Å². The van der Waals surface area contributed by atoms with Crippen LogP contribution in [-0.4, -0.2) is 5.83 Å². The average molecular weight is 1140 g/mol. The van der Waals surface area contributed by atoms with Gasteiger partial charge >= 0.3 is 0 Å². The van der Waals surface area contributed by atoms with Crippen molar-refractivity contribution in [2.24, 2.45) is 5.92 Å². The predicted molar refractivity (Wildman–Crippen MR) is 378 cm³/mol. The van der Waals surface area contributed by atoms with Crippen LogP contribution in [-0.2, 0) is 0 Å². The minimum absolute atomic E-state index is 0.833. The predicted octanol–water partition coefficient (Wildman–Crippen LogP) is 25.4. The summed E-state index contributed by atoms with van der Waals surface area (Å²) in [6, 6.07) is 56.1. The molecular weight excluding hydrogens is 1060 g/mol. The molecule has 82 heavy (non-hydrogen) atoms. The molecule has 0 fully saturated rings. The van der Waals surface area contributed by atoms with Gasteiger partial charge in [-0.2, -0.15) is 0 Å². The molecule has 0 unspecified atom stereocenters. The minimum atomic E-state index is 0.833. The molecule has 10 rings (SSSR count). The fourth-order valence-electron chi connectivity index (χ4n) is 10.7. The van der Waals surface area contributed by atoms with E-state index in [1.165, 1.54) is 86.9 Å². The molecule has 0 aliphatic rings. The lowest BCUT2D eigenvalue weighted by atomic mass is 9.87. The summed E-state index contributed by atoms with van der Waals surface area (Å²) in [6.07, 6.45) is 26.8. The molecule has 0 N–H and O–H groups in total. The van der Waals surface area contributed by atoms with Gasteiger partial charge in [-0.05, 0) is 178 Å². The third-order valence-corrected chi connectivity index (χ3v) is 13.5. The summed E-state index contributed by atoms with van der Waals surface area (Å²) in [5, 5.41) is 15.0. The molecule has 0 aromatic heterocycles. The van der Waals surface area contributed by atoms with E-state index >= 15 is 0 Å². The number of hydrogen-bond acceptors (Lipinski definition) is 2. The second-order valence-corrected chi connectivity index (χ2v) is 19.6. The van der Waals surface area contributed by atoms with Gasteiger partial charge in [-0.25, -0.2) is 0 Å². The van der Waals surface area contributed by atoms with E-state index < -0.39 is 0 Å². The third kappa shape index (κ3) is 13.7. The van der Waals surface area contributed by atoms with E-state index in [0.717, 1.165) is 45.6 Å². The average Bonchev–Trinajstić information content (AvgIpc) is 4.22. The molecule has 0 saturated carbocycles. The molecule has 10 aromatic rings. The molecule has 0 radical (unpaired) electrons. The van der Waals surface area contributed by atoms with Crippen LogP contribution in [0.2, 0.25) is 0 Å². The highest BCUT2D eigenvalue weighted by Crippen LogP contribution is 2.57. The number of alkyl halides is 1. The maximum absolute atomic E-state index is 4.30. The summed E-state index contributed by atoms with van der Waals surface area (Å²) in [6.45, 7) is 38.7. The maximum atomic E-state index is 4.30. The lowest BCUT2D eigenvalue weighted by Gasteiger charge is -2.28. The van der Waals surface area contributed by atoms with Gasteiger partial charge in [0.25, 0.3) is 0 Å². The molecule has 0 atom stereocenters. The monoisotopic (exact) mass is 1140 g/mol. The first-order chi connectivity index (χ1) is 40.1. The molecule has 420 valence electrons. The Morgan fingerprint density at radius 2 is 0.854 bits per heavy atom. The van der Waals surface area contributed by atoms with Gasteiger partial charge in [0.05, 0.1) is 11.4 Å². The highest BCUT2D eigenvalue weighted by Gasteiger charge is 2.30. The quantitative estimate of drug-likeness (QED) is 0.0791. The van der Waals surface area contributed by atoms with Crippen LogP contribution in [0.1, 0.15) is 90.0 Å². The van der Waals surface area contributed by atoms with Crippen LogP contribution in [0, 0.1) is 5.92 Å². The molecule has 0 spiro atoms. The SMILES string of the molecule is C=C(C)/C=C\C.C=C/C=C\C(=C/C)N(/C(C=C)=C/C=C\C)c1ccc2c3c(-c4ccccc4)c4c5cccc6c(N(C(/C=C\C)=C/C)c7ccccc7)ccc(c4c(-c4ccccc4)c3c3cccc1c23)c65.CBr.CC.CC.CC(C)C. The molecule has 3 heteroatoms. The molecule has 0 amide bonds. The smallest absolute Gasteiger partial charge is 0.0540 e. The highest BCUT2D eigenvalue weighted by molar-refractivity contribution is 9.08. The Balaban J connectivity index is 0.000000692. The molecule has 0 aliphatic carbocycles. The van der Waals surface area contributed by atoms with Crippen LogP contribution in [0.25, 0.3) is 86.9 Å². The fourth-order valence-corrected chi connectivity index (χ4v) is 10.7. The van der Waals surface area contributed by atoms with Gasteiger partial charge in [0.1, 0.15) is 0 Å². The molecule has 2 nitrogen and oxygen atoms in total. The second-order valence-electron chi connectivity index (χ2n) is 19.6. The Morgan fingerprint density at radius 1 is 0.439 bits per heavy atom. The first kappa shape index (κ1) is 64.6. The first-order valence-electron chi connectivity index (χ1n) is 29.1. The van der Waals surface area contributed by atoms with Gasteiger partial charge in [0.15, 0.2) is 0 Å². The summed E-state index contributed by atoms with van der Waals surface area (Å²) < 4.78 is 0. The Hall–Kier alpha value is -8.24. The van der Waals surface area contributed by atoms with E-state index in [1.54, 1.807) is 0 Å². The fraction of sp³-hybridized carbons (Fsp3) is 0.190. The van der Waals surface area contributed by atoms with Crippen molar-refractivity contribution in [2.45, 2.75) is 90.0 Å². The number of allylic oxidation sites excluding steroid dienone is 14. The number of halogens is 1. The van der Waals surface area contributed by atoms with Crippen molar-refractivity contribution in [3.05, 3.63) is 273 Å². The summed E-state index contributed by atoms with van der Waals surface area (Å²) in [5.41, 5.74) is 12.5. The number of benzene rings is 8. The third-order valence-electron chi connectivity index (χ3n) is 13.5. The van der Waals surface area contributed by atoms with Crippen LogP contribution in [0.5, 0.6) is 0 Å². The summed E-state index contributed by atoms with van der Waals surface area (Å²) in [7, 11) is 0. The van der Waals surface area contributed by atoms with Crippen molar-refractivity contribution < 1.29 is 0 Å². The van der Waals surface area contributed by atoms with Crippen molar-refractivity contribution in [2.75, 3.05) is 15.6 Å². The highest BCUT2D eigenvalue weighted by atomic mass is 79.9. The lowest BCUT2D eigenvalue weighted by Crippen LogP contribution is -2.20. The van der Waals surface area contributed by atoms with E-state index in [4.69, 9.17) is 0 Å². The number of fused-ring (bicyclic) bond motifs is 6. The standard InChI is InChI=1S/C64H52N2.C6H10.C4H10.2C2H6.CH3Br/c1-7-13-31-46(11-5)65(47(12-6)32-14-8-2)55-41-39-53-59-49(55)35-24-37-51(59)61-57(43-27-18-15-19-28-43)64-54-40-42-56(66(45(10-4)26-9-3)48-33-22-17-23-34-48)50-36-25-38-52(60(50)54)62(64)58(63(53)61)44-29-20-16-21-30-44;1-4-5-6(2)3;1-4(2)3;3*1-2/h7-42H,1,6H2,2-5H3;4-5H,2H2,1,3H3;4H,1-3H3;2*1-2H3;1H3/b14-8-,26-9-,31-13-,45-10+,46-11+,47-32+;5-4-;;;;. The first-order valence-corrected chi connectivity index (χ1v) is 30.7. The summed E-state index contributed by atoms with van der Waals surface area (Å²) >= 11 is 2.94. The minimum Gasteiger partial charge on any atom is -0.310 e. The van der Waals surface area contributed by atoms with Crippen molar-refractivity contribution in [3.63, 3.8) is 0 Å². The van der Waals surface area contributed by atoms with Gasteiger partial charge < -0.3 is 9.80 Å². The Morgan fingerprint density at radius 3 is 1.24 bits per heavy atom. The summed E-state index contributed by atoms with van der Waals surface area (Å²) in [4.78, 5) is 4.72. The van der Waals surface area contributed by atoms with Crippen LogP contribution in [0.15, 0.2) is 273 Å². The van der Waals surface area contributed by atoms with E-state index in [-0.39, 0.29) is 0 Å². The molecule has 0 saturated heterocycles. The van der Waals surface area contributed by atoms with Crippen molar-refractivity contribution in [1.82, 2.24) is 0 Å². The second kappa shape index (κ2) is 32.3. The van der Waals surface area contributed by atoms with Crippen molar-refractivity contribution in [3.8, 4) is 22.3 Å². The molecular formula is C79H87BrN2. The zero-order valence-electron chi connectivity index (χ0n) is 51.4. The number of hydrogen-bond donors (Lipinski definition) is 0. The van der Waals surface area contributed by atoms with Crippen molar-refractivity contribution >= 4 is 97.6 Å². The number of anilines is 3. The van der Waals surface area contributed by atoms with Gasteiger partial charge in [-0.15, -0.1) is 0 Å². The van der Waals surface area contributed by atoms with E-state index in [2.05, 4.69) is 287 Å². The zero-order valence-corrected chi connectivity index (χ0v) is 53.0. The zero-order chi connectivity index (χ0) is 59.9. The normalized spacial score (nSPS) is 11.9.